The second-order valence-corrected chi connectivity index (χ2v) is 17.5. The van der Waals surface area contributed by atoms with E-state index in [4.69, 9.17) is 19.4 Å². The van der Waals surface area contributed by atoms with Gasteiger partial charge in [-0.2, -0.15) is 0 Å². The molecule has 0 amide bonds. The highest BCUT2D eigenvalue weighted by Crippen LogP contribution is 2.48. The molecule has 0 aliphatic heterocycles. The molecule has 0 N–H and O–H groups in total. The first-order valence-electron chi connectivity index (χ1n) is 23.3. The fourth-order valence-electron chi connectivity index (χ4n) is 10.5. The van der Waals surface area contributed by atoms with Crippen molar-refractivity contribution in [3.8, 4) is 67.8 Å². The number of fused-ring (bicyclic) bond motifs is 10. The van der Waals surface area contributed by atoms with Crippen LogP contribution in [0.1, 0.15) is 0 Å². The fraction of sp³-hybridized carbons (Fsp3) is 0. The summed E-state index contributed by atoms with van der Waals surface area (Å²) in [6, 6.07) is 83.2. The van der Waals surface area contributed by atoms with Crippen molar-refractivity contribution in [2.45, 2.75) is 0 Å². The lowest BCUT2D eigenvalue weighted by molar-refractivity contribution is 0.669. The molecule has 0 fully saturated rings. The summed E-state index contributed by atoms with van der Waals surface area (Å²) in [5.74, 6) is 1.70. The van der Waals surface area contributed by atoms with Crippen molar-refractivity contribution < 1.29 is 4.42 Å². The molecule has 6 heteroatoms. The Labute approximate surface area is 396 Å². The van der Waals surface area contributed by atoms with Crippen molar-refractivity contribution in [1.29, 1.82) is 0 Å². The van der Waals surface area contributed by atoms with Gasteiger partial charge >= 0.3 is 0 Å². The zero-order chi connectivity index (χ0) is 45.4. The van der Waals surface area contributed by atoms with Crippen molar-refractivity contribution >= 4 is 65.6 Å². The summed E-state index contributed by atoms with van der Waals surface area (Å²) in [4.78, 5) is 15.7. The van der Waals surface area contributed by atoms with Gasteiger partial charge in [-0.05, 0) is 71.3 Å². The molecular formula is C63H39N5O. The molecule has 4 heterocycles. The molecule has 0 spiro atoms. The van der Waals surface area contributed by atoms with Crippen LogP contribution >= 0.6 is 0 Å². The van der Waals surface area contributed by atoms with E-state index in [1.807, 2.05) is 42.5 Å². The molecule has 0 radical (unpaired) electrons. The zero-order valence-electron chi connectivity index (χ0n) is 37.2. The van der Waals surface area contributed by atoms with E-state index in [2.05, 4.69) is 203 Å². The van der Waals surface area contributed by atoms with E-state index >= 15 is 0 Å². The second kappa shape index (κ2) is 15.6. The Morgan fingerprint density at radius 2 is 0.870 bits per heavy atom. The molecule has 0 saturated carbocycles. The van der Waals surface area contributed by atoms with Crippen LogP contribution in [0, 0.1) is 0 Å². The predicted molar refractivity (Wildman–Crippen MR) is 283 cm³/mol. The molecule has 10 aromatic carbocycles. The van der Waals surface area contributed by atoms with Crippen LogP contribution in [0.3, 0.4) is 0 Å². The Balaban J connectivity index is 1.09. The molecule has 4 aromatic heterocycles. The minimum Gasteiger partial charge on any atom is -0.455 e. The molecule has 0 unspecified atom stereocenters. The smallest absolute Gasteiger partial charge is 0.167 e. The van der Waals surface area contributed by atoms with Crippen LogP contribution in [-0.2, 0) is 0 Å². The fourth-order valence-corrected chi connectivity index (χ4v) is 10.5. The first-order valence-corrected chi connectivity index (χ1v) is 23.3. The van der Waals surface area contributed by atoms with E-state index in [1.54, 1.807) is 0 Å². The number of benzene rings is 10. The van der Waals surface area contributed by atoms with Gasteiger partial charge in [-0.25, -0.2) is 15.0 Å². The number of hydrogen-bond donors (Lipinski definition) is 0. The Morgan fingerprint density at radius 3 is 1.61 bits per heavy atom. The van der Waals surface area contributed by atoms with E-state index in [0.29, 0.717) is 23.1 Å². The normalized spacial score (nSPS) is 11.8. The van der Waals surface area contributed by atoms with Gasteiger partial charge in [0.05, 0.1) is 38.7 Å². The Bertz CT molecular complexity index is 4290. The van der Waals surface area contributed by atoms with E-state index in [0.717, 1.165) is 83.2 Å². The van der Waals surface area contributed by atoms with Gasteiger partial charge in [-0.3, -0.25) is 0 Å². The quantitative estimate of drug-likeness (QED) is 0.160. The summed E-state index contributed by atoms with van der Waals surface area (Å²) in [5, 5.41) is 6.68. The summed E-state index contributed by atoms with van der Waals surface area (Å²) >= 11 is 0. The summed E-state index contributed by atoms with van der Waals surface area (Å²) < 4.78 is 12.0. The molecule has 0 saturated heterocycles. The lowest BCUT2D eigenvalue weighted by atomic mass is 9.98. The SMILES string of the molecule is c1ccc(-c2cccc(-c3nc(-c4ccccc4)nc(-c4ccc(-n5c6ccccc6c6cc(-c7ccccc7)c7c(c8ccccc8n7-c7ccccc7)c65)c5c4oc4ccccc45)n3)c2)cc1. The molecule has 322 valence electrons. The number of aromatic nitrogens is 5. The first kappa shape index (κ1) is 38.8. The van der Waals surface area contributed by atoms with Gasteiger partial charge in [0.2, 0.25) is 0 Å². The van der Waals surface area contributed by atoms with Crippen molar-refractivity contribution in [1.82, 2.24) is 24.1 Å². The molecule has 14 aromatic rings. The van der Waals surface area contributed by atoms with Gasteiger partial charge in [-0.15, -0.1) is 0 Å². The van der Waals surface area contributed by atoms with Crippen LogP contribution < -0.4 is 0 Å². The third-order valence-corrected chi connectivity index (χ3v) is 13.5. The number of nitrogens with zero attached hydrogens (tertiary/aromatic N) is 5. The van der Waals surface area contributed by atoms with Gasteiger partial charge in [0, 0.05) is 49.3 Å². The number of para-hydroxylation sites is 4. The number of furan rings is 1. The predicted octanol–water partition coefficient (Wildman–Crippen LogP) is 16.3. The molecule has 6 nitrogen and oxygen atoms in total. The number of hydrogen-bond acceptors (Lipinski definition) is 4. The van der Waals surface area contributed by atoms with Crippen LogP contribution in [0.2, 0.25) is 0 Å². The van der Waals surface area contributed by atoms with Crippen LogP contribution in [0.15, 0.2) is 241 Å². The molecule has 0 aliphatic carbocycles. The molecule has 14 rings (SSSR count). The first-order chi connectivity index (χ1) is 34.2. The third kappa shape index (κ3) is 6.16. The van der Waals surface area contributed by atoms with Crippen molar-refractivity contribution in [3.05, 3.63) is 237 Å². The van der Waals surface area contributed by atoms with Crippen molar-refractivity contribution in [2.75, 3.05) is 0 Å². The molecular weight excluding hydrogens is 843 g/mol. The highest BCUT2D eigenvalue weighted by molar-refractivity contribution is 6.30. The largest absolute Gasteiger partial charge is 0.455 e. The van der Waals surface area contributed by atoms with Crippen LogP contribution in [0.5, 0.6) is 0 Å². The topological polar surface area (TPSA) is 61.7 Å². The zero-order valence-corrected chi connectivity index (χ0v) is 37.2. The van der Waals surface area contributed by atoms with Crippen LogP contribution in [-0.4, -0.2) is 24.1 Å². The Kier molecular flexibility index (Phi) is 8.79. The number of rotatable bonds is 7. The molecule has 69 heavy (non-hydrogen) atoms. The van der Waals surface area contributed by atoms with E-state index in [-0.39, 0.29) is 0 Å². The van der Waals surface area contributed by atoms with Gasteiger partial charge in [-0.1, -0.05) is 182 Å². The van der Waals surface area contributed by atoms with Crippen molar-refractivity contribution in [2.24, 2.45) is 0 Å². The second-order valence-electron chi connectivity index (χ2n) is 17.5. The van der Waals surface area contributed by atoms with E-state index < -0.39 is 0 Å². The maximum atomic E-state index is 7.05. The van der Waals surface area contributed by atoms with E-state index in [1.165, 1.54) is 27.1 Å². The maximum Gasteiger partial charge on any atom is 0.167 e. The van der Waals surface area contributed by atoms with Gasteiger partial charge in [0.1, 0.15) is 11.2 Å². The average Bonchev–Trinajstić information content (AvgIpc) is 4.10. The minimum absolute atomic E-state index is 0.530. The lowest BCUT2D eigenvalue weighted by Gasteiger charge is -2.15. The summed E-state index contributed by atoms with van der Waals surface area (Å²) in [7, 11) is 0. The monoisotopic (exact) mass is 881 g/mol. The maximum absolute atomic E-state index is 7.05. The van der Waals surface area contributed by atoms with Crippen LogP contribution in [0.25, 0.3) is 133 Å². The van der Waals surface area contributed by atoms with E-state index in [9.17, 15) is 0 Å². The standard InChI is InChI=1S/C63H39N5O/c1-5-20-40(21-6-1)43-26-19-27-44(38-43)62-64-61(42-24-9-3-10-25-42)65-63(66-62)49-36-37-54(56-48-32-15-18-35-55(48)69-60(49)56)68-52-33-16-13-30-46(52)51-39-50(41-22-7-2-8-23-41)58-57(59(51)68)47-31-14-17-34-53(47)67(58)45-28-11-4-12-29-45/h1-39H. The van der Waals surface area contributed by atoms with Gasteiger partial charge < -0.3 is 13.6 Å². The molecule has 0 aliphatic rings. The third-order valence-electron chi connectivity index (χ3n) is 13.5. The minimum atomic E-state index is 0.530. The molecule has 0 atom stereocenters. The lowest BCUT2D eigenvalue weighted by Crippen LogP contribution is -2.01. The Morgan fingerprint density at radius 1 is 0.319 bits per heavy atom. The molecule has 0 bridgehead atoms. The summed E-state index contributed by atoms with van der Waals surface area (Å²) in [5.41, 5.74) is 15.2. The summed E-state index contributed by atoms with van der Waals surface area (Å²) in [6.45, 7) is 0. The average molecular weight is 882 g/mol. The Hall–Kier alpha value is -9.39. The van der Waals surface area contributed by atoms with Gasteiger partial charge in [0.15, 0.2) is 17.5 Å². The van der Waals surface area contributed by atoms with Crippen molar-refractivity contribution in [3.63, 3.8) is 0 Å². The summed E-state index contributed by atoms with van der Waals surface area (Å²) in [6.07, 6.45) is 0. The van der Waals surface area contributed by atoms with Crippen LogP contribution in [0.4, 0.5) is 0 Å². The van der Waals surface area contributed by atoms with Gasteiger partial charge in [0.25, 0.3) is 0 Å². The highest BCUT2D eigenvalue weighted by Gasteiger charge is 2.27. The highest BCUT2D eigenvalue weighted by atomic mass is 16.3.